The Morgan fingerprint density at radius 2 is 1.82 bits per heavy atom. The number of nitrogens with one attached hydrogen (secondary N) is 1. The van der Waals surface area contributed by atoms with E-state index in [1.807, 2.05) is 0 Å². The number of hydrogen-bond acceptors (Lipinski definition) is 2. The Hall–Kier alpha value is -1.88. The molecule has 2 rings (SSSR count). The van der Waals surface area contributed by atoms with Gasteiger partial charge in [-0.25, -0.2) is 4.79 Å². The van der Waals surface area contributed by atoms with Crippen molar-refractivity contribution in [2.24, 2.45) is 0 Å². The van der Waals surface area contributed by atoms with Crippen molar-refractivity contribution in [3.63, 3.8) is 0 Å². The SMILES string of the molecule is O=C(O)c1c[nH]cc(-c2ccc(Br)cc2)c1=O. The van der Waals surface area contributed by atoms with Crippen LogP contribution in [0.4, 0.5) is 0 Å². The number of carbonyl (C=O) groups is 1. The molecule has 0 aliphatic rings. The van der Waals surface area contributed by atoms with Gasteiger partial charge >= 0.3 is 5.97 Å². The summed E-state index contributed by atoms with van der Waals surface area (Å²) in [5.41, 5.74) is 0.277. The average molecular weight is 294 g/mol. The van der Waals surface area contributed by atoms with Crippen molar-refractivity contribution in [2.75, 3.05) is 0 Å². The number of aromatic nitrogens is 1. The highest BCUT2D eigenvalue weighted by molar-refractivity contribution is 9.10. The minimum atomic E-state index is -1.23. The van der Waals surface area contributed by atoms with Gasteiger partial charge in [0.1, 0.15) is 5.56 Å². The van der Waals surface area contributed by atoms with Crippen LogP contribution in [0.25, 0.3) is 11.1 Å². The predicted octanol–water partition coefficient (Wildman–Crippen LogP) is 2.50. The van der Waals surface area contributed by atoms with Crippen molar-refractivity contribution < 1.29 is 9.90 Å². The summed E-state index contributed by atoms with van der Waals surface area (Å²) in [5, 5.41) is 8.85. The Bertz CT molecular complexity index is 616. The number of halogens is 1. The summed E-state index contributed by atoms with van der Waals surface area (Å²) in [6, 6.07) is 7.09. The standard InChI is InChI=1S/C12H8BrNO3/c13-8-3-1-7(2-4-8)9-5-14-6-10(11(9)15)12(16)17/h1-6H,(H,14,15)(H,16,17). The molecule has 17 heavy (non-hydrogen) atoms. The van der Waals surface area contributed by atoms with Crippen LogP contribution in [0.1, 0.15) is 10.4 Å². The maximum atomic E-state index is 11.9. The summed E-state index contributed by atoms with van der Waals surface area (Å²) < 4.78 is 0.895. The molecule has 1 heterocycles. The Morgan fingerprint density at radius 1 is 1.18 bits per heavy atom. The van der Waals surface area contributed by atoms with Crippen LogP contribution in [-0.4, -0.2) is 16.1 Å². The lowest BCUT2D eigenvalue weighted by Gasteiger charge is -2.02. The molecule has 0 bridgehead atoms. The number of carboxylic acids is 1. The van der Waals surface area contributed by atoms with Crippen LogP contribution in [0.5, 0.6) is 0 Å². The molecule has 0 unspecified atom stereocenters. The first-order valence-corrected chi connectivity index (χ1v) is 5.59. The lowest BCUT2D eigenvalue weighted by atomic mass is 10.1. The van der Waals surface area contributed by atoms with Gasteiger partial charge < -0.3 is 10.1 Å². The largest absolute Gasteiger partial charge is 0.477 e. The second-order valence-corrected chi connectivity index (χ2v) is 4.34. The fraction of sp³-hybridized carbons (Fsp3) is 0. The first kappa shape index (κ1) is 11.6. The summed E-state index contributed by atoms with van der Waals surface area (Å²) >= 11 is 3.29. The second-order valence-electron chi connectivity index (χ2n) is 3.42. The van der Waals surface area contributed by atoms with E-state index in [0.717, 1.165) is 4.47 Å². The Morgan fingerprint density at radius 3 is 2.41 bits per heavy atom. The van der Waals surface area contributed by atoms with Crippen molar-refractivity contribution >= 4 is 21.9 Å². The van der Waals surface area contributed by atoms with Crippen LogP contribution in [0, 0.1) is 0 Å². The topological polar surface area (TPSA) is 70.2 Å². The summed E-state index contributed by atoms with van der Waals surface area (Å²) in [5.74, 6) is -1.23. The van der Waals surface area contributed by atoms with Crippen LogP contribution in [0.3, 0.4) is 0 Å². The Kier molecular flexibility index (Phi) is 3.10. The zero-order chi connectivity index (χ0) is 12.4. The van der Waals surface area contributed by atoms with Crippen LogP contribution in [0.15, 0.2) is 45.9 Å². The van der Waals surface area contributed by atoms with Gasteiger partial charge in [-0.3, -0.25) is 4.79 Å². The molecule has 86 valence electrons. The molecule has 0 atom stereocenters. The summed E-state index contributed by atoms with van der Waals surface area (Å²) in [7, 11) is 0. The number of rotatable bonds is 2. The van der Waals surface area contributed by atoms with Crippen molar-refractivity contribution in [3.05, 3.63) is 56.9 Å². The quantitative estimate of drug-likeness (QED) is 0.894. The highest BCUT2D eigenvalue weighted by atomic mass is 79.9. The third-order valence-electron chi connectivity index (χ3n) is 2.33. The van der Waals surface area contributed by atoms with E-state index in [4.69, 9.17) is 5.11 Å². The lowest BCUT2D eigenvalue weighted by molar-refractivity contribution is 0.0695. The molecule has 4 nitrogen and oxygen atoms in total. The highest BCUT2D eigenvalue weighted by Gasteiger charge is 2.12. The van der Waals surface area contributed by atoms with Gasteiger partial charge in [0, 0.05) is 22.4 Å². The number of aromatic amines is 1. The van der Waals surface area contributed by atoms with E-state index in [9.17, 15) is 9.59 Å². The Labute approximate surface area is 105 Å². The molecule has 0 saturated heterocycles. The summed E-state index contributed by atoms with van der Waals surface area (Å²) in [4.78, 5) is 25.4. The van der Waals surface area contributed by atoms with Crippen molar-refractivity contribution in [1.82, 2.24) is 4.98 Å². The number of hydrogen-bond donors (Lipinski definition) is 2. The molecule has 1 aromatic heterocycles. The molecule has 5 heteroatoms. The van der Waals surface area contributed by atoms with Crippen LogP contribution < -0.4 is 5.43 Å². The lowest BCUT2D eigenvalue weighted by Crippen LogP contribution is -2.16. The fourth-order valence-electron chi connectivity index (χ4n) is 1.49. The summed E-state index contributed by atoms with van der Waals surface area (Å²) in [6.45, 7) is 0. The number of aromatic carboxylic acids is 1. The van der Waals surface area contributed by atoms with Gasteiger partial charge in [0.15, 0.2) is 0 Å². The van der Waals surface area contributed by atoms with Gasteiger partial charge in [0.05, 0.1) is 0 Å². The van der Waals surface area contributed by atoms with Crippen LogP contribution in [-0.2, 0) is 0 Å². The van der Waals surface area contributed by atoms with Gasteiger partial charge in [-0.05, 0) is 17.7 Å². The molecule has 0 fully saturated rings. The number of pyridine rings is 1. The minimum Gasteiger partial charge on any atom is -0.477 e. The third-order valence-corrected chi connectivity index (χ3v) is 2.86. The first-order chi connectivity index (χ1) is 8.09. The fourth-order valence-corrected chi connectivity index (χ4v) is 1.75. The average Bonchev–Trinajstić information content (AvgIpc) is 2.30. The zero-order valence-corrected chi connectivity index (χ0v) is 10.2. The van der Waals surface area contributed by atoms with Gasteiger partial charge in [-0.2, -0.15) is 0 Å². The zero-order valence-electron chi connectivity index (χ0n) is 8.61. The minimum absolute atomic E-state index is 0.259. The molecular formula is C12H8BrNO3. The smallest absolute Gasteiger partial charge is 0.341 e. The summed E-state index contributed by atoms with van der Waals surface area (Å²) in [6.07, 6.45) is 2.69. The van der Waals surface area contributed by atoms with Crippen LogP contribution >= 0.6 is 15.9 Å². The van der Waals surface area contributed by atoms with Gasteiger partial charge in [-0.15, -0.1) is 0 Å². The van der Waals surface area contributed by atoms with E-state index in [0.29, 0.717) is 11.1 Å². The van der Waals surface area contributed by atoms with Gasteiger partial charge in [-0.1, -0.05) is 28.1 Å². The monoisotopic (exact) mass is 293 g/mol. The normalized spacial score (nSPS) is 10.2. The highest BCUT2D eigenvalue weighted by Crippen LogP contribution is 2.18. The van der Waals surface area contributed by atoms with Crippen molar-refractivity contribution in [2.45, 2.75) is 0 Å². The van der Waals surface area contributed by atoms with Crippen molar-refractivity contribution in [1.29, 1.82) is 0 Å². The molecule has 2 aromatic rings. The molecule has 1 aromatic carbocycles. The van der Waals surface area contributed by atoms with Crippen molar-refractivity contribution in [3.8, 4) is 11.1 Å². The molecule has 0 radical (unpaired) electrons. The molecule has 0 aliphatic heterocycles. The van der Waals surface area contributed by atoms with E-state index in [-0.39, 0.29) is 5.56 Å². The molecule has 0 spiro atoms. The molecule has 2 N–H and O–H groups in total. The maximum absolute atomic E-state index is 11.9. The number of carboxylic acid groups (broad SMARTS) is 1. The van der Waals surface area contributed by atoms with Gasteiger partial charge in [0.2, 0.25) is 5.43 Å². The maximum Gasteiger partial charge on any atom is 0.341 e. The second kappa shape index (κ2) is 4.55. The van der Waals surface area contributed by atoms with E-state index >= 15 is 0 Å². The van der Waals surface area contributed by atoms with Crippen LogP contribution in [0.2, 0.25) is 0 Å². The Balaban J connectivity index is 2.61. The molecular weight excluding hydrogens is 286 g/mol. The first-order valence-electron chi connectivity index (χ1n) is 4.80. The van der Waals surface area contributed by atoms with Gasteiger partial charge in [0.25, 0.3) is 0 Å². The predicted molar refractivity (Wildman–Crippen MR) is 67.2 cm³/mol. The van der Waals surface area contributed by atoms with E-state index in [1.165, 1.54) is 12.4 Å². The van der Waals surface area contributed by atoms with E-state index in [1.54, 1.807) is 24.3 Å². The van der Waals surface area contributed by atoms with E-state index in [2.05, 4.69) is 20.9 Å². The van der Waals surface area contributed by atoms with E-state index < -0.39 is 11.4 Å². The number of H-pyrrole nitrogens is 1. The number of benzene rings is 1. The third kappa shape index (κ3) is 2.29. The molecule has 0 saturated carbocycles. The molecule has 0 amide bonds. The molecule has 0 aliphatic carbocycles.